The summed E-state index contributed by atoms with van der Waals surface area (Å²) in [5, 5.41) is 0.731. The molecule has 4 rings (SSSR count). The number of ether oxygens (including phenoxy) is 1. The van der Waals surface area contributed by atoms with Gasteiger partial charge in [-0.3, -0.25) is 4.99 Å². The van der Waals surface area contributed by atoms with Crippen LogP contribution in [-0.4, -0.2) is 10.9 Å². The average Bonchev–Trinajstić information content (AvgIpc) is 3.15. The number of fused-ring (bicyclic) bond motifs is 2. The average molecular weight is 423 g/mol. The van der Waals surface area contributed by atoms with Crippen LogP contribution in [0.2, 0.25) is 0 Å². The van der Waals surface area contributed by atoms with E-state index in [0.29, 0.717) is 0 Å². The van der Waals surface area contributed by atoms with Crippen molar-refractivity contribution in [2.45, 2.75) is 38.1 Å². The molecule has 1 aliphatic heterocycles. The van der Waals surface area contributed by atoms with Crippen molar-refractivity contribution >= 4 is 33.8 Å². The third kappa shape index (κ3) is 4.51. The summed E-state index contributed by atoms with van der Waals surface area (Å²) in [6.07, 6.45) is 10.5. The van der Waals surface area contributed by atoms with Crippen LogP contribution < -0.4 is 10.5 Å². The van der Waals surface area contributed by atoms with Gasteiger partial charge in [-0.2, -0.15) is 0 Å². The molecule has 0 amide bonds. The first kappa shape index (κ1) is 20.0. The molecule has 1 atom stereocenters. The third-order valence-corrected chi connectivity index (χ3v) is 7.43. The van der Waals surface area contributed by atoms with Crippen molar-refractivity contribution < 1.29 is 4.74 Å². The van der Waals surface area contributed by atoms with E-state index < -0.39 is 0 Å². The largest absolute Gasteiger partial charge is 0.462 e. The van der Waals surface area contributed by atoms with Crippen molar-refractivity contribution in [3.05, 3.63) is 82.3 Å². The van der Waals surface area contributed by atoms with Crippen LogP contribution >= 0.6 is 23.1 Å². The van der Waals surface area contributed by atoms with E-state index in [0.717, 1.165) is 47.3 Å². The first-order valence-corrected chi connectivity index (χ1v) is 11.7. The summed E-state index contributed by atoms with van der Waals surface area (Å²) in [7, 11) is 0. The number of para-hydroxylation sites is 1. The number of nitrogens with zero attached hydrogens (tertiary/aromatic N) is 1. The minimum atomic E-state index is -0.109. The molecule has 29 heavy (non-hydrogen) atoms. The van der Waals surface area contributed by atoms with Crippen LogP contribution in [0.4, 0.5) is 0 Å². The molecular weight excluding hydrogens is 396 g/mol. The molecule has 0 fully saturated rings. The van der Waals surface area contributed by atoms with Crippen LogP contribution in [0.5, 0.6) is 5.75 Å². The highest BCUT2D eigenvalue weighted by atomic mass is 32.2. The number of benzene rings is 1. The van der Waals surface area contributed by atoms with Gasteiger partial charge in [-0.05, 0) is 68.0 Å². The van der Waals surface area contributed by atoms with Crippen molar-refractivity contribution in [3.8, 4) is 5.75 Å². The fourth-order valence-corrected chi connectivity index (χ4v) is 6.07. The lowest BCUT2D eigenvalue weighted by Gasteiger charge is -2.36. The van der Waals surface area contributed by atoms with Gasteiger partial charge in [0.05, 0.1) is 5.54 Å². The van der Waals surface area contributed by atoms with Crippen molar-refractivity contribution in [1.82, 2.24) is 0 Å². The summed E-state index contributed by atoms with van der Waals surface area (Å²) < 4.78 is 5.81. The second-order valence-corrected chi connectivity index (χ2v) is 9.71. The van der Waals surface area contributed by atoms with Gasteiger partial charge in [-0.1, -0.05) is 48.7 Å². The first-order valence-electron chi connectivity index (χ1n) is 9.94. The van der Waals surface area contributed by atoms with Crippen molar-refractivity contribution in [2.75, 3.05) is 5.75 Å². The van der Waals surface area contributed by atoms with Gasteiger partial charge in [0.1, 0.15) is 11.5 Å². The molecule has 2 aromatic rings. The minimum Gasteiger partial charge on any atom is -0.462 e. The quantitative estimate of drug-likeness (QED) is 0.455. The molecule has 1 aromatic heterocycles. The molecule has 1 aromatic carbocycles. The lowest BCUT2D eigenvalue weighted by atomic mass is 9.78. The number of aliphatic imine (C=N–C) groups is 1. The fourth-order valence-electron chi connectivity index (χ4n) is 3.93. The molecule has 0 saturated carbocycles. The number of thiophene rings is 1. The Labute approximate surface area is 181 Å². The first-order chi connectivity index (χ1) is 14.1. The summed E-state index contributed by atoms with van der Waals surface area (Å²) >= 11 is 3.53. The Hall–Kier alpha value is -2.24. The molecule has 1 aliphatic carbocycles. The fraction of sp³-hybridized carbons (Fsp3) is 0.292. The maximum absolute atomic E-state index is 6.08. The zero-order valence-corrected chi connectivity index (χ0v) is 18.3. The van der Waals surface area contributed by atoms with Gasteiger partial charge in [0.2, 0.25) is 0 Å². The van der Waals surface area contributed by atoms with Gasteiger partial charge >= 0.3 is 0 Å². The van der Waals surface area contributed by atoms with Gasteiger partial charge in [-0.15, -0.1) is 11.3 Å². The molecule has 0 saturated heterocycles. The Morgan fingerprint density at radius 1 is 1.28 bits per heavy atom. The monoisotopic (exact) mass is 422 g/mol. The van der Waals surface area contributed by atoms with Crippen LogP contribution in [0.15, 0.2) is 72.0 Å². The molecule has 1 unspecified atom stereocenters. The van der Waals surface area contributed by atoms with E-state index in [1.165, 1.54) is 21.7 Å². The Bertz CT molecular complexity index is 988. The predicted molar refractivity (Wildman–Crippen MR) is 127 cm³/mol. The van der Waals surface area contributed by atoms with Crippen LogP contribution in [0, 0.1) is 0 Å². The lowest BCUT2D eigenvalue weighted by molar-refractivity contribution is 0.368. The van der Waals surface area contributed by atoms with E-state index in [1.54, 1.807) is 11.8 Å². The van der Waals surface area contributed by atoms with E-state index >= 15 is 0 Å². The Balaban J connectivity index is 1.49. The van der Waals surface area contributed by atoms with Crippen LogP contribution in [0.25, 0.3) is 5.57 Å². The minimum absolute atomic E-state index is 0.109. The number of nitrogens with two attached hydrogens (primary N) is 1. The molecular formula is C24H26N2OS2. The molecule has 0 radical (unpaired) electrons. The number of allylic oxidation sites excluding steroid dienone is 5. The van der Waals surface area contributed by atoms with Gasteiger partial charge in [-0.25, -0.2) is 0 Å². The number of amidine groups is 1. The molecule has 2 aliphatic rings. The van der Waals surface area contributed by atoms with Crippen LogP contribution in [0.1, 0.15) is 41.5 Å². The Morgan fingerprint density at radius 3 is 2.90 bits per heavy atom. The molecule has 2 N–H and O–H groups in total. The second-order valence-electron chi connectivity index (χ2n) is 7.46. The molecule has 5 heteroatoms. The van der Waals surface area contributed by atoms with Crippen LogP contribution in [-0.2, 0) is 12.0 Å². The predicted octanol–water partition coefficient (Wildman–Crippen LogP) is 6.28. The molecule has 3 nitrogen and oxygen atoms in total. The maximum Gasteiger partial charge on any atom is 0.154 e. The summed E-state index contributed by atoms with van der Waals surface area (Å²) in [6, 6.07) is 12.1. The Morgan fingerprint density at radius 2 is 2.10 bits per heavy atom. The molecule has 0 bridgehead atoms. The van der Waals surface area contributed by atoms with Crippen LogP contribution in [0.3, 0.4) is 0 Å². The van der Waals surface area contributed by atoms with Gasteiger partial charge in [0.15, 0.2) is 5.17 Å². The number of hydrogen-bond donors (Lipinski definition) is 1. The van der Waals surface area contributed by atoms with Crippen molar-refractivity contribution in [2.24, 2.45) is 10.7 Å². The standard InChI is InChI=1S/C24H26N2OS2/c1-17(8-6-9-18(2)27-19-10-4-3-5-11-19)22-16-20-21(29-22)12-7-13-24(20)14-15-28-23(25)26-24/h3-6,8-11,16H,1,7,12-15H2,2H3,(H2,25,26). The van der Waals surface area contributed by atoms with Crippen molar-refractivity contribution in [3.63, 3.8) is 0 Å². The number of aryl methyl sites for hydroxylation is 1. The van der Waals surface area contributed by atoms with Crippen molar-refractivity contribution in [1.29, 1.82) is 0 Å². The van der Waals surface area contributed by atoms with E-state index in [9.17, 15) is 0 Å². The summed E-state index contributed by atoms with van der Waals surface area (Å²) in [4.78, 5) is 7.57. The van der Waals surface area contributed by atoms with E-state index in [4.69, 9.17) is 15.5 Å². The highest BCUT2D eigenvalue weighted by molar-refractivity contribution is 8.13. The highest BCUT2D eigenvalue weighted by Crippen LogP contribution is 2.48. The second kappa shape index (κ2) is 8.64. The maximum atomic E-state index is 6.08. The molecule has 150 valence electrons. The highest BCUT2D eigenvalue weighted by Gasteiger charge is 2.39. The van der Waals surface area contributed by atoms with E-state index in [2.05, 4.69) is 18.7 Å². The van der Waals surface area contributed by atoms with E-state index in [-0.39, 0.29) is 5.54 Å². The number of thioether (sulfide) groups is 1. The third-order valence-electron chi connectivity index (χ3n) is 5.36. The topological polar surface area (TPSA) is 47.6 Å². The lowest BCUT2D eigenvalue weighted by Crippen LogP contribution is -2.34. The van der Waals surface area contributed by atoms with Gasteiger partial charge in [0.25, 0.3) is 0 Å². The summed E-state index contributed by atoms with van der Waals surface area (Å²) in [6.45, 7) is 6.24. The molecule has 2 heterocycles. The zero-order valence-electron chi connectivity index (χ0n) is 16.7. The normalized spacial score (nSPS) is 21.8. The van der Waals surface area contributed by atoms with Gasteiger partial charge < -0.3 is 10.5 Å². The smallest absolute Gasteiger partial charge is 0.154 e. The summed E-state index contributed by atoms with van der Waals surface area (Å²) in [5.74, 6) is 2.73. The number of hydrogen-bond acceptors (Lipinski definition) is 5. The Kier molecular flexibility index (Phi) is 5.97. The summed E-state index contributed by atoms with van der Waals surface area (Å²) in [5.41, 5.74) is 8.37. The number of rotatable bonds is 5. The zero-order chi connectivity index (χ0) is 20.3. The molecule has 1 spiro atoms. The SMILES string of the molecule is C=C(C=CC=C(C)Oc1ccccc1)c1cc2c(s1)CCCC21CCSC(N)=N1. The van der Waals surface area contributed by atoms with Gasteiger partial charge in [0, 0.05) is 15.5 Å². The van der Waals surface area contributed by atoms with E-state index in [1.807, 2.05) is 60.7 Å².